The first-order valence-electron chi connectivity index (χ1n) is 9.80. The zero-order valence-electron chi connectivity index (χ0n) is 16.5. The summed E-state index contributed by atoms with van der Waals surface area (Å²) in [7, 11) is 3.19. The van der Waals surface area contributed by atoms with Crippen molar-refractivity contribution in [1.82, 2.24) is 4.90 Å². The average molecular weight is 389 g/mol. The number of carbonyl (C=O) groups excluding carboxylic acids is 1. The number of hydrogen-bond donors (Lipinski definition) is 1. The number of β-lactam (4-membered cyclic amide) rings is 1. The highest BCUT2D eigenvalue weighted by Crippen LogP contribution is 2.50. The molecule has 148 valence electrons. The second-order valence-electron chi connectivity index (χ2n) is 7.68. The Labute approximate surface area is 169 Å². The van der Waals surface area contributed by atoms with Gasteiger partial charge in [-0.05, 0) is 52.0 Å². The van der Waals surface area contributed by atoms with Crippen LogP contribution in [0.15, 0.2) is 65.7 Å². The van der Waals surface area contributed by atoms with Crippen LogP contribution in [0.1, 0.15) is 17.5 Å². The highest BCUT2D eigenvalue weighted by atomic mass is 16.5. The van der Waals surface area contributed by atoms with Gasteiger partial charge >= 0.3 is 0 Å². The number of carbonyl (C=O) groups is 1. The van der Waals surface area contributed by atoms with Crippen molar-refractivity contribution in [2.45, 2.75) is 24.7 Å². The summed E-state index contributed by atoms with van der Waals surface area (Å²) in [6.45, 7) is 0.507. The Balaban J connectivity index is 1.64. The van der Waals surface area contributed by atoms with E-state index in [2.05, 4.69) is 12.1 Å². The first-order valence-corrected chi connectivity index (χ1v) is 9.80. The zero-order chi connectivity index (χ0) is 20.1. The Morgan fingerprint density at radius 3 is 2.31 bits per heavy atom. The molecule has 1 amide bonds. The van der Waals surface area contributed by atoms with Gasteiger partial charge in [-0.1, -0.05) is 42.5 Å². The van der Waals surface area contributed by atoms with Gasteiger partial charge in [-0.25, -0.2) is 0 Å². The molecule has 3 aliphatic rings. The normalized spacial score (nSPS) is 25.7. The summed E-state index contributed by atoms with van der Waals surface area (Å²) in [6.07, 6.45) is -0.591. The maximum atomic E-state index is 12.6. The van der Waals surface area contributed by atoms with E-state index < -0.39 is 12.2 Å². The number of amides is 1. The van der Waals surface area contributed by atoms with Gasteiger partial charge in [0.25, 0.3) is 5.91 Å². The molecule has 2 aromatic rings. The molecule has 1 N–H and O–H groups in total. The topological polar surface area (TPSA) is 59.0 Å². The van der Waals surface area contributed by atoms with E-state index in [0.717, 1.165) is 40.0 Å². The third kappa shape index (κ3) is 2.65. The van der Waals surface area contributed by atoms with E-state index in [-0.39, 0.29) is 11.9 Å². The molecule has 3 atom stereocenters. The molecule has 0 bridgehead atoms. The summed E-state index contributed by atoms with van der Waals surface area (Å²) < 4.78 is 10.7. The van der Waals surface area contributed by atoms with Gasteiger partial charge in [0.15, 0.2) is 6.10 Å². The molecule has 1 fully saturated rings. The molecule has 0 spiro atoms. The van der Waals surface area contributed by atoms with Crippen LogP contribution in [0.3, 0.4) is 0 Å². The summed E-state index contributed by atoms with van der Waals surface area (Å²) in [5.41, 5.74) is 6.54. The monoisotopic (exact) mass is 389 g/mol. The molecule has 2 aliphatic heterocycles. The third-order valence-electron chi connectivity index (χ3n) is 6.33. The van der Waals surface area contributed by atoms with E-state index in [1.165, 1.54) is 12.7 Å². The van der Waals surface area contributed by atoms with Crippen molar-refractivity contribution < 1.29 is 19.4 Å². The number of nitrogens with zero attached hydrogens (tertiary/aromatic N) is 1. The summed E-state index contributed by atoms with van der Waals surface area (Å²) in [5.74, 6) is 0.760. The number of hydrogen-bond acceptors (Lipinski definition) is 4. The number of methoxy groups -OCH3 is 2. The highest BCUT2D eigenvalue weighted by Gasteiger charge is 2.55. The molecule has 5 rings (SSSR count). The van der Waals surface area contributed by atoms with Crippen LogP contribution >= 0.6 is 0 Å². The first kappa shape index (κ1) is 18.2. The largest absolute Gasteiger partial charge is 0.497 e. The van der Waals surface area contributed by atoms with Crippen molar-refractivity contribution in [3.05, 3.63) is 76.9 Å². The van der Waals surface area contributed by atoms with Crippen molar-refractivity contribution in [3.8, 4) is 5.75 Å². The Morgan fingerprint density at radius 2 is 1.66 bits per heavy atom. The van der Waals surface area contributed by atoms with E-state index >= 15 is 0 Å². The fraction of sp³-hybridized carbons (Fsp3) is 0.292. The maximum Gasteiger partial charge on any atom is 0.254 e. The number of ether oxygens (including phenoxy) is 2. The van der Waals surface area contributed by atoms with Crippen LogP contribution in [0.4, 0.5) is 0 Å². The lowest BCUT2D eigenvalue weighted by atomic mass is 9.75. The fourth-order valence-corrected chi connectivity index (χ4v) is 4.76. The number of aliphatic hydroxyl groups excluding tert-OH is 1. The number of benzene rings is 2. The van der Waals surface area contributed by atoms with Crippen LogP contribution in [0, 0.1) is 0 Å². The number of allylic oxidation sites excluding steroid dienone is 1. The van der Waals surface area contributed by atoms with Crippen molar-refractivity contribution in [3.63, 3.8) is 0 Å². The molecule has 5 nitrogen and oxygen atoms in total. The summed E-state index contributed by atoms with van der Waals surface area (Å²) in [6, 6.07) is 17.6. The molecule has 0 radical (unpaired) electrons. The first-order chi connectivity index (χ1) is 14.1. The zero-order valence-corrected chi connectivity index (χ0v) is 16.5. The van der Waals surface area contributed by atoms with Crippen molar-refractivity contribution in [1.29, 1.82) is 0 Å². The molecule has 2 aromatic carbocycles. The average Bonchev–Trinajstić information content (AvgIpc) is 2.82. The molecule has 1 aliphatic carbocycles. The molecule has 0 saturated carbocycles. The molecule has 2 heterocycles. The number of aliphatic hydroxyl groups is 1. The summed E-state index contributed by atoms with van der Waals surface area (Å²) >= 11 is 0. The number of fused-ring (bicyclic) bond motifs is 2. The molecular formula is C24H23NO4. The van der Waals surface area contributed by atoms with Gasteiger partial charge in [-0.3, -0.25) is 4.79 Å². The second kappa shape index (κ2) is 6.87. The quantitative estimate of drug-likeness (QED) is 0.817. The lowest BCUT2D eigenvalue weighted by Crippen LogP contribution is -2.69. The third-order valence-corrected chi connectivity index (χ3v) is 6.33. The van der Waals surface area contributed by atoms with E-state index in [4.69, 9.17) is 9.47 Å². The van der Waals surface area contributed by atoms with Crippen molar-refractivity contribution >= 4 is 17.1 Å². The Bertz CT molecular complexity index is 1020. The Morgan fingerprint density at radius 1 is 0.931 bits per heavy atom. The van der Waals surface area contributed by atoms with Crippen LogP contribution in [-0.4, -0.2) is 54.9 Å². The van der Waals surface area contributed by atoms with Crippen LogP contribution in [0.5, 0.6) is 5.75 Å². The lowest BCUT2D eigenvalue weighted by molar-refractivity contribution is -0.175. The van der Waals surface area contributed by atoms with Gasteiger partial charge < -0.3 is 19.5 Å². The molecule has 29 heavy (non-hydrogen) atoms. The predicted octanol–water partition coefficient (Wildman–Crippen LogP) is 2.91. The van der Waals surface area contributed by atoms with Gasteiger partial charge in [0.05, 0.1) is 13.2 Å². The maximum absolute atomic E-state index is 12.6. The number of rotatable bonds is 4. The molecule has 1 saturated heterocycles. The minimum Gasteiger partial charge on any atom is -0.497 e. The van der Waals surface area contributed by atoms with Crippen LogP contribution < -0.4 is 4.74 Å². The smallest absolute Gasteiger partial charge is 0.254 e. The van der Waals surface area contributed by atoms with E-state index in [1.807, 2.05) is 42.5 Å². The van der Waals surface area contributed by atoms with E-state index in [9.17, 15) is 9.90 Å². The fourth-order valence-electron chi connectivity index (χ4n) is 4.76. The van der Waals surface area contributed by atoms with Gasteiger partial charge in [0.1, 0.15) is 11.9 Å². The standard InChI is InChI=1S/C24H23NO4/c1-28-16-10-8-14(9-11-16)17-12-18-19(17)13-25-21(23(29-2)24(25)27)22(26)20(18)15-6-4-3-5-7-15/h3-11,21-23,26H,12-13H2,1-2H3/t21-,22+,23+/m0/s1. The molecular weight excluding hydrogens is 366 g/mol. The second-order valence-corrected chi connectivity index (χ2v) is 7.68. The van der Waals surface area contributed by atoms with Gasteiger partial charge in [0, 0.05) is 13.7 Å². The summed E-state index contributed by atoms with van der Waals surface area (Å²) in [5, 5.41) is 11.3. The van der Waals surface area contributed by atoms with Crippen LogP contribution in [-0.2, 0) is 9.53 Å². The van der Waals surface area contributed by atoms with Crippen LogP contribution in [0.2, 0.25) is 0 Å². The van der Waals surface area contributed by atoms with Gasteiger partial charge in [0.2, 0.25) is 0 Å². The minimum atomic E-state index is -0.773. The molecule has 0 unspecified atom stereocenters. The van der Waals surface area contributed by atoms with E-state index in [0.29, 0.717) is 6.54 Å². The lowest BCUT2D eigenvalue weighted by Gasteiger charge is -2.47. The van der Waals surface area contributed by atoms with Crippen molar-refractivity contribution in [2.24, 2.45) is 0 Å². The van der Waals surface area contributed by atoms with E-state index in [1.54, 1.807) is 12.0 Å². The molecule has 5 heteroatoms. The Kier molecular flexibility index (Phi) is 4.30. The predicted molar refractivity (Wildman–Crippen MR) is 110 cm³/mol. The SMILES string of the molecule is COc1ccc(C2=C3CN4C(=O)[C@H](OC)[C@@H]4[C@H](O)C(c4ccccc4)=C3C2)cc1. The summed E-state index contributed by atoms with van der Waals surface area (Å²) in [4.78, 5) is 14.4. The Hall–Kier alpha value is -2.89. The van der Waals surface area contributed by atoms with Crippen LogP contribution in [0.25, 0.3) is 11.1 Å². The van der Waals surface area contributed by atoms with Crippen molar-refractivity contribution in [2.75, 3.05) is 20.8 Å². The van der Waals surface area contributed by atoms with Gasteiger partial charge in [-0.15, -0.1) is 0 Å². The molecule has 0 aromatic heterocycles. The highest BCUT2D eigenvalue weighted by molar-refractivity contribution is 5.97. The minimum absolute atomic E-state index is 0.0568. The van der Waals surface area contributed by atoms with Gasteiger partial charge in [-0.2, -0.15) is 0 Å².